The number of carbonyl (C=O) groups excluding carboxylic acids is 1. The van der Waals surface area contributed by atoms with E-state index in [9.17, 15) is 20.0 Å². The average molecular weight is 282 g/mol. The van der Waals surface area contributed by atoms with E-state index in [-0.39, 0.29) is 23.0 Å². The summed E-state index contributed by atoms with van der Waals surface area (Å²) in [6.07, 6.45) is -0.106. The quantitative estimate of drug-likeness (QED) is 0.608. The van der Waals surface area contributed by atoms with Gasteiger partial charge in [-0.3, -0.25) is 14.9 Å². The summed E-state index contributed by atoms with van der Waals surface area (Å²) < 4.78 is 5.01. The van der Waals surface area contributed by atoms with Crippen molar-refractivity contribution in [1.29, 1.82) is 0 Å². The molecule has 0 aliphatic heterocycles. The standard InChI is InChI=1S/C13H18N2O5/c1-8(6-9(2)16)14-13(17)11-5-4-10(15(18)19)7-12(11)20-3/h4-5,7-9,16H,6H2,1-3H3,(H,14,17). The molecule has 0 fully saturated rings. The number of nitrogens with one attached hydrogen (secondary N) is 1. The monoisotopic (exact) mass is 282 g/mol. The number of hydrogen-bond acceptors (Lipinski definition) is 5. The maximum Gasteiger partial charge on any atom is 0.273 e. The fraction of sp³-hybridized carbons (Fsp3) is 0.462. The average Bonchev–Trinajstić information content (AvgIpc) is 2.36. The van der Waals surface area contributed by atoms with E-state index in [0.29, 0.717) is 6.42 Å². The SMILES string of the molecule is COc1cc([N+](=O)[O-])ccc1C(=O)NC(C)CC(C)O. The largest absolute Gasteiger partial charge is 0.496 e. The first-order valence-corrected chi connectivity index (χ1v) is 6.16. The van der Waals surface area contributed by atoms with Crippen molar-refractivity contribution in [1.82, 2.24) is 5.32 Å². The topological polar surface area (TPSA) is 102 Å². The summed E-state index contributed by atoms with van der Waals surface area (Å²) in [7, 11) is 1.34. The summed E-state index contributed by atoms with van der Waals surface area (Å²) in [6, 6.07) is 3.58. The van der Waals surface area contributed by atoms with Gasteiger partial charge in [-0.15, -0.1) is 0 Å². The fourth-order valence-corrected chi connectivity index (χ4v) is 1.85. The molecule has 20 heavy (non-hydrogen) atoms. The van der Waals surface area contributed by atoms with Crippen molar-refractivity contribution in [3.05, 3.63) is 33.9 Å². The Hall–Kier alpha value is -2.15. The Morgan fingerprint density at radius 2 is 2.15 bits per heavy atom. The molecule has 2 unspecified atom stereocenters. The molecule has 0 saturated heterocycles. The first-order chi connectivity index (χ1) is 9.35. The molecule has 0 aliphatic rings. The van der Waals surface area contributed by atoms with Gasteiger partial charge in [0.25, 0.3) is 11.6 Å². The van der Waals surface area contributed by atoms with Crippen LogP contribution in [-0.2, 0) is 0 Å². The molecule has 0 aliphatic carbocycles. The number of non-ortho nitro benzene ring substituents is 1. The summed E-state index contributed by atoms with van der Waals surface area (Å²) in [5, 5.41) is 22.6. The third-order valence-electron chi connectivity index (χ3n) is 2.71. The van der Waals surface area contributed by atoms with E-state index in [1.807, 2.05) is 0 Å². The highest BCUT2D eigenvalue weighted by Crippen LogP contribution is 2.24. The zero-order valence-corrected chi connectivity index (χ0v) is 11.6. The summed E-state index contributed by atoms with van der Waals surface area (Å²) >= 11 is 0. The molecule has 2 atom stereocenters. The van der Waals surface area contributed by atoms with Crippen LogP contribution < -0.4 is 10.1 Å². The van der Waals surface area contributed by atoms with Crippen LogP contribution in [0.3, 0.4) is 0 Å². The number of nitrogens with zero attached hydrogens (tertiary/aromatic N) is 1. The highest BCUT2D eigenvalue weighted by molar-refractivity contribution is 5.97. The predicted molar refractivity (Wildman–Crippen MR) is 72.9 cm³/mol. The molecule has 110 valence electrons. The minimum atomic E-state index is -0.555. The Labute approximate surface area is 116 Å². The van der Waals surface area contributed by atoms with Crippen molar-refractivity contribution in [3.63, 3.8) is 0 Å². The molecular formula is C13H18N2O5. The van der Waals surface area contributed by atoms with Crippen LogP contribution in [0.25, 0.3) is 0 Å². The Morgan fingerprint density at radius 3 is 2.65 bits per heavy atom. The Kier molecular flexibility index (Phi) is 5.45. The van der Waals surface area contributed by atoms with Crippen molar-refractivity contribution in [2.45, 2.75) is 32.4 Å². The lowest BCUT2D eigenvalue weighted by atomic mass is 10.1. The molecule has 1 aromatic rings. The number of benzene rings is 1. The van der Waals surface area contributed by atoms with E-state index in [4.69, 9.17) is 4.74 Å². The highest BCUT2D eigenvalue weighted by atomic mass is 16.6. The molecule has 2 N–H and O–H groups in total. The molecule has 0 bridgehead atoms. The van der Waals surface area contributed by atoms with E-state index in [2.05, 4.69) is 5.32 Å². The van der Waals surface area contributed by atoms with Crippen LogP contribution in [0.15, 0.2) is 18.2 Å². The van der Waals surface area contributed by atoms with Crippen LogP contribution in [0, 0.1) is 10.1 Å². The number of rotatable bonds is 6. The lowest BCUT2D eigenvalue weighted by Crippen LogP contribution is -2.34. The lowest BCUT2D eigenvalue weighted by Gasteiger charge is -2.16. The smallest absolute Gasteiger partial charge is 0.273 e. The second-order valence-corrected chi connectivity index (χ2v) is 4.60. The minimum Gasteiger partial charge on any atom is -0.496 e. The van der Waals surface area contributed by atoms with Crippen LogP contribution >= 0.6 is 0 Å². The summed E-state index contributed by atoms with van der Waals surface area (Å²) in [5.41, 5.74) is 0.0750. The van der Waals surface area contributed by atoms with Gasteiger partial charge in [-0.1, -0.05) is 0 Å². The van der Waals surface area contributed by atoms with E-state index in [0.717, 1.165) is 0 Å². The van der Waals surface area contributed by atoms with Gasteiger partial charge in [-0.05, 0) is 26.3 Å². The van der Waals surface area contributed by atoms with Gasteiger partial charge in [0.05, 0.1) is 29.8 Å². The third kappa shape index (κ3) is 4.20. The molecule has 0 aromatic heterocycles. The van der Waals surface area contributed by atoms with Gasteiger partial charge >= 0.3 is 0 Å². The van der Waals surface area contributed by atoms with E-state index in [1.54, 1.807) is 13.8 Å². The van der Waals surface area contributed by atoms with Crippen molar-refractivity contribution in [2.24, 2.45) is 0 Å². The zero-order valence-electron chi connectivity index (χ0n) is 11.6. The predicted octanol–water partition coefficient (Wildman–Crippen LogP) is 1.49. The van der Waals surface area contributed by atoms with Gasteiger partial charge in [-0.2, -0.15) is 0 Å². The number of ether oxygens (including phenoxy) is 1. The number of carbonyl (C=O) groups is 1. The third-order valence-corrected chi connectivity index (χ3v) is 2.71. The van der Waals surface area contributed by atoms with Crippen molar-refractivity contribution in [2.75, 3.05) is 7.11 Å². The number of methoxy groups -OCH3 is 1. The fourth-order valence-electron chi connectivity index (χ4n) is 1.85. The second kappa shape index (κ2) is 6.85. The Balaban J connectivity index is 2.90. The van der Waals surface area contributed by atoms with E-state index in [1.165, 1.54) is 25.3 Å². The van der Waals surface area contributed by atoms with Crippen molar-refractivity contribution >= 4 is 11.6 Å². The summed E-state index contributed by atoms with van der Waals surface area (Å²) in [6.45, 7) is 3.40. The van der Waals surface area contributed by atoms with Crippen LogP contribution in [0.5, 0.6) is 5.75 Å². The van der Waals surface area contributed by atoms with Crippen molar-refractivity contribution in [3.8, 4) is 5.75 Å². The second-order valence-electron chi connectivity index (χ2n) is 4.60. The molecule has 0 radical (unpaired) electrons. The van der Waals surface area contributed by atoms with Gasteiger partial charge < -0.3 is 15.2 Å². The van der Waals surface area contributed by atoms with Gasteiger partial charge in [0.15, 0.2) is 0 Å². The number of hydrogen-bond donors (Lipinski definition) is 2. The molecule has 0 saturated carbocycles. The van der Waals surface area contributed by atoms with Gasteiger partial charge in [0.2, 0.25) is 0 Å². The maximum atomic E-state index is 12.1. The van der Waals surface area contributed by atoms with Gasteiger partial charge in [0.1, 0.15) is 5.75 Å². The van der Waals surface area contributed by atoms with Crippen LogP contribution in [0.2, 0.25) is 0 Å². The number of amides is 1. The van der Waals surface area contributed by atoms with Crippen LogP contribution in [0.4, 0.5) is 5.69 Å². The molecule has 1 rings (SSSR count). The van der Waals surface area contributed by atoms with Crippen molar-refractivity contribution < 1.29 is 19.6 Å². The molecule has 7 nitrogen and oxygen atoms in total. The lowest BCUT2D eigenvalue weighted by molar-refractivity contribution is -0.384. The number of aliphatic hydroxyl groups excluding tert-OH is 1. The number of nitro benzene ring substituents is 1. The maximum absolute atomic E-state index is 12.1. The zero-order chi connectivity index (χ0) is 15.3. The van der Waals surface area contributed by atoms with E-state index >= 15 is 0 Å². The first kappa shape index (κ1) is 15.9. The van der Waals surface area contributed by atoms with Gasteiger partial charge in [-0.25, -0.2) is 0 Å². The molecular weight excluding hydrogens is 264 g/mol. The molecule has 0 heterocycles. The normalized spacial score (nSPS) is 13.4. The first-order valence-electron chi connectivity index (χ1n) is 6.16. The van der Waals surface area contributed by atoms with E-state index < -0.39 is 16.9 Å². The van der Waals surface area contributed by atoms with Crippen LogP contribution in [-0.4, -0.2) is 35.2 Å². The number of aliphatic hydroxyl groups is 1. The Bertz CT molecular complexity index is 502. The minimum absolute atomic E-state index is 0.140. The highest BCUT2D eigenvalue weighted by Gasteiger charge is 2.18. The van der Waals surface area contributed by atoms with Crippen LogP contribution in [0.1, 0.15) is 30.6 Å². The van der Waals surface area contributed by atoms with Gasteiger partial charge in [0, 0.05) is 12.1 Å². The number of nitro groups is 1. The Morgan fingerprint density at radius 1 is 1.50 bits per heavy atom. The molecule has 1 amide bonds. The molecule has 1 aromatic carbocycles. The molecule has 7 heteroatoms. The molecule has 0 spiro atoms. The summed E-state index contributed by atoms with van der Waals surface area (Å²) in [4.78, 5) is 22.2. The summed E-state index contributed by atoms with van der Waals surface area (Å²) in [5.74, 6) is -0.258.